The Labute approximate surface area is 156 Å². The number of hydrogen-bond donors (Lipinski definition) is 0. The van der Waals surface area contributed by atoms with Crippen LogP contribution in [-0.4, -0.2) is 24.5 Å². The van der Waals surface area contributed by atoms with Gasteiger partial charge in [-0.15, -0.1) is 6.58 Å². The molecule has 1 aliphatic rings. The smallest absolute Gasteiger partial charge is 0.126 e. The molecule has 1 unspecified atom stereocenters. The van der Waals surface area contributed by atoms with Crippen molar-refractivity contribution in [1.82, 2.24) is 4.90 Å². The Morgan fingerprint density at radius 2 is 1.92 bits per heavy atom. The fourth-order valence-corrected chi connectivity index (χ4v) is 3.24. The van der Waals surface area contributed by atoms with E-state index in [-0.39, 0.29) is 17.0 Å². The maximum atomic E-state index is 13.4. The number of halogens is 2. The van der Waals surface area contributed by atoms with Crippen LogP contribution >= 0.6 is 0 Å². The van der Waals surface area contributed by atoms with E-state index in [2.05, 4.69) is 24.5 Å². The summed E-state index contributed by atoms with van der Waals surface area (Å²) in [7, 11) is 0. The van der Waals surface area contributed by atoms with E-state index in [0.29, 0.717) is 0 Å². The van der Waals surface area contributed by atoms with Gasteiger partial charge < -0.3 is 4.90 Å². The second-order valence-electron chi connectivity index (χ2n) is 7.38. The molecule has 2 aromatic rings. The van der Waals surface area contributed by atoms with E-state index in [1.165, 1.54) is 18.6 Å². The third kappa shape index (κ3) is 6.38. The minimum atomic E-state index is -0.162. The fraction of sp³-hybridized carbons (Fsp3) is 0.391. The molecule has 1 saturated heterocycles. The average molecular weight is 357 g/mol. The molecular weight excluding hydrogens is 328 g/mol. The molecule has 1 nitrogen and oxygen atoms in total. The molecule has 3 rings (SSSR count). The molecule has 1 fully saturated rings. The fourth-order valence-electron chi connectivity index (χ4n) is 3.24. The summed E-state index contributed by atoms with van der Waals surface area (Å²) >= 11 is 0. The minimum absolute atomic E-state index is 0.0742. The number of benzene rings is 2. The van der Waals surface area contributed by atoms with Crippen molar-refractivity contribution in [2.75, 3.05) is 19.6 Å². The van der Waals surface area contributed by atoms with Gasteiger partial charge in [-0.3, -0.25) is 0 Å². The van der Waals surface area contributed by atoms with Crippen LogP contribution in [-0.2, 0) is 6.42 Å². The van der Waals surface area contributed by atoms with Gasteiger partial charge in [-0.25, -0.2) is 8.78 Å². The molecule has 1 heterocycles. The van der Waals surface area contributed by atoms with E-state index in [9.17, 15) is 8.78 Å². The Hall–Kier alpha value is -2.00. The number of rotatable bonds is 5. The molecule has 1 atom stereocenters. The largest absolute Gasteiger partial charge is 0.302 e. The first-order chi connectivity index (χ1) is 12.4. The molecule has 0 radical (unpaired) electrons. The summed E-state index contributed by atoms with van der Waals surface area (Å²) in [5, 5.41) is 0. The van der Waals surface area contributed by atoms with Crippen LogP contribution in [0.2, 0.25) is 0 Å². The van der Waals surface area contributed by atoms with Crippen LogP contribution in [0.4, 0.5) is 8.78 Å². The predicted octanol–water partition coefficient (Wildman–Crippen LogP) is 5.79. The van der Waals surface area contributed by atoms with Crippen molar-refractivity contribution in [3.05, 3.63) is 83.9 Å². The Bertz CT molecular complexity index is 696. The van der Waals surface area contributed by atoms with Gasteiger partial charge in [-0.2, -0.15) is 0 Å². The monoisotopic (exact) mass is 357 g/mol. The molecule has 0 bridgehead atoms. The van der Waals surface area contributed by atoms with Crippen LogP contribution in [0, 0.1) is 24.0 Å². The summed E-state index contributed by atoms with van der Waals surface area (Å²) in [4.78, 5) is 2.46. The quantitative estimate of drug-likeness (QED) is 0.612. The zero-order chi connectivity index (χ0) is 19.0. The first-order valence-electron chi connectivity index (χ1n) is 9.23. The standard InChI is InChI=1S/C16H22FN.C7H7F/c1-3-16(2)10-12-18(13-16)11-6-8-14-7-4-5-9-15(14)17;1-6-3-2-4-7(8)5-6/h3-5,7,9H,1,6,8,10-13H2,2H3;2-5H,1H3. The van der Waals surface area contributed by atoms with Gasteiger partial charge in [0.05, 0.1) is 0 Å². The SMILES string of the molecule is C=CC1(C)CCN(CCCc2ccccc2F)C1.Cc1cccc(F)c1. The van der Waals surface area contributed by atoms with Crippen molar-refractivity contribution < 1.29 is 8.78 Å². The van der Waals surface area contributed by atoms with Crippen LogP contribution in [0.1, 0.15) is 30.9 Å². The lowest BCUT2D eigenvalue weighted by Crippen LogP contribution is -2.25. The van der Waals surface area contributed by atoms with E-state index in [1.807, 2.05) is 25.1 Å². The van der Waals surface area contributed by atoms with Crippen LogP contribution in [0.25, 0.3) is 0 Å². The van der Waals surface area contributed by atoms with Gasteiger partial charge in [0.1, 0.15) is 11.6 Å². The van der Waals surface area contributed by atoms with Crippen LogP contribution < -0.4 is 0 Å². The van der Waals surface area contributed by atoms with Crippen molar-refractivity contribution in [3.63, 3.8) is 0 Å². The molecule has 0 saturated carbocycles. The summed E-state index contributed by atoms with van der Waals surface area (Å²) in [5.41, 5.74) is 2.08. The Balaban J connectivity index is 0.000000254. The van der Waals surface area contributed by atoms with Gasteiger partial charge >= 0.3 is 0 Å². The highest BCUT2D eigenvalue weighted by Crippen LogP contribution is 2.30. The molecule has 0 aromatic heterocycles. The summed E-state index contributed by atoms with van der Waals surface area (Å²) < 4.78 is 25.6. The lowest BCUT2D eigenvalue weighted by molar-refractivity contribution is 0.303. The highest BCUT2D eigenvalue weighted by molar-refractivity contribution is 5.17. The van der Waals surface area contributed by atoms with Crippen molar-refractivity contribution in [3.8, 4) is 0 Å². The summed E-state index contributed by atoms with van der Waals surface area (Å²) in [6.07, 6.45) is 5.11. The first-order valence-corrected chi connectivity index (χ1v) is 9.23. The number of nitrogens with zero attached hydrogens (tertiary/aromatic N) is 1. The molecule has 0 aliphatic carbocycles. The molecular formula is C23H29F2N. The Kier molecular flexibility index (Phi) is 7.52. The second kappa shape index (κ2) is 9.63. The highest BCUT2D eigenvalue weighted by atomic mass is 19.1. The molecule has 0 N–H and O–H groups in total. The van der Waals surface area contributed by atoms with Crippen molar-refractivity contribution in [2.24, 2.45) is 5.41 Å². The van der Waals surface area contributed by atoms with E-state index in [1.54, 1.807) is 18.2 Å². The molecule has 0 amide bonds. The lowest BCUT2D eigenvalue weighted by Gasteiger charge is -2.20. The van der Waals surface area contributed by atoms with Gasteiger partial charge in [-0.1, -0.05) is 43.3 Å². The highest BCUT2D eigenvalue weighted by Gasteiger charge is 2.30. The number of aryl methyl sites for hydroxylation is 2. The van der Waals surface area contributed by atoms with Crippen LogP contribution in [0.5, 0.6) is 0 Å². The van der Waals surface area contributed by atoms with Gasteiger partial charge in [-0.05, 0) is 74.0 Å². The van der Waals surface area contributed by atoms with E-state index in [4.69, 9.17) is 0 Å². The molecule has 26 heavy (non-hydrogen) atoms. The van der Waals surface area contributed by atoms with E-state index in [0.717, 1.165) is 43.6 Å². The van der Waals surface area contributed by atoms with Crippen LogP contribution in [0.15, 0.2) is 61.2 Å². The summed E-state index contributed by atoms with van der Waals surface area (Å²) in [5.74, 6) is -0.236. The molecule has 1 aliphatic heterocycles. The van der Waals surface area contributed by atoms with Crippen molar-refractivity contribution in [2.45, 2.75) is 33.1 Å². The number of hydrogen-bond acceptors (Lipinski definition) is 1. The average Bonchev–Trinajstić information content (AvgIpc) is 2.99. The molecule has 3 heteroatoms. The zero-order valence-electron chi connectivity index (χ0n) is 15.8. The summed E-state index contributed by atoms with van der Waals surface area (Å²) in [6.45, 7) is 11.3. The maximum Gasteiger partial charge on any atom is 0.126 e. The van der Waals surface area contributed by atoms with Gasteiger partial charge in [0.15, 0.2) is 0 Å². The Morgan fingerprint density at radius 3 is 2.50 bits per heavy atom. The third-order valence-corrected chi connectivity index (χ3v) is 4.94. The minimum Gasteiger partial charge on any atom is -0.302 e. The lowest BCUT2D eigenvalue weighted by atomic mass is 9.90. The van der Waals surface area contributed by atoms with Crippen molar-refractivity contribution in [1.29, 1.82) is 0 Å². The first kappa shape index (κ1) is 20.3. The van der Waals surface area contributed by atoms with Gasteiger partial charge in [0.2, 0.25) is 0 Å². The molecule has 0 spiro atoms. The van der Waals surface area contributed by atoms with Crippen LogP contribution in [0.3, 0.4) is 0 Å². The summed E-state index contributed by atoms with van der Waals surface area (Å²) in [6, 6.07) is 13.6. The van der Waals surface area contributed by atoms with Crippen molar-refractivity contribution >= 4 is 0 Å². The van der Waals surface area contributed by atoms with E-state index < -0.39 is 0 Å². The van der Waals surface area contributed by atoms with Gasteiger partial charge in [0.25, 0.3) is 0 Å². The predicted molar refractivity (Wildman–Crippen MR) is 105 cm³/mol. The zero-order valence-corrected chi connectivity index (χ0v) is 15.8. The second-order valence-corrected chi connectivity index (χ2v) is 7.38. The van der Waals surface area contributed by atoms with E-state index >= 15 is 0 Å². The molecule has 2 aromatic carbocycles. The number of likely N-dealkylation sites (tertiary alicyclic amines) is 1. The third-order valence-electron chi connectivity index (χ3n) is 4.94. The molecule has 140 valence electrons. The maximum absolute atomic E-state index is 13.4. The topological polar surface area (TPSA) is 3.24 Å². The Morgan fingerprint density at radius 1 is 1.15 bits per heavy atom. The normalized spacial score (nSPS) is 19.7. The van der Waals surface area contributed by atoms with Gasteiger partial charge in [0, 0.05) is 6.54 Å².